The maximum atomic E-state index is 11.8. The first kappa shape index (κ1) is 16.7. The lowest BCUT2D eigenvalue weighted by Gasteiger charge is -2.40. The Morgan fingerprint density at radius 1 is 1.29 bits per heavy atom. The van der Waals surface area contributed by atoms with Crippen LogP contribution in [-0.4, -0.2) is 33.5 Å². The number of nitrogens with zero attached hydrogens (tertiary/aromatic N) is 2. The molecule has 3 rings (SSSR count). The van der Waals surface area contributed by atoms with Gasteiger partial charge in [0.05, 0.1) is 6.04 Å². The molecular weight excluding hydrogens is 300 g/mol. The van der Waals surface area contributed by atoms with Gasteiger partial charge in [-0.25, -0.2) is 0 Å². The second kappa shape index (κ2) is 7.14. The lowest BCUT2D eigenvalue weighted by molar-refractivity contribution is -0.145. The Bertz CT molecular complexity index is 729. The molecule has 1 aliphatic heterocycles. The van der Waals surface area contributed by atoms with E-state index in [0.29, 0.717) is 6.42 Å². The van der Waals surface area contributed by atoms with Gasteiger partial charge in [-0.05, 0) is 56.0 Å². The standard InChI is InChI=1S/C20H24N2O2/c1-14-6-5-7-16(12-14)19(17-9-10-21-13-15(17)2)22-11-4-3-8-18(22)20(23)24/h5-7,9-10,12-13,18-19H,3-4,8,11H2,1-2H3,(H,23,24). The number of rotatable bonds is 4. The Labute approximate surface area is 143 Å². The summed E-state index contributed by atoms with van der Waals surface area (Å²) >= 11 is 0. The third-order valence-corrected chi connectivity index (χ3v) is 4.88. The second-order valence-electron chi connectivity index (χ2n) is 6.64. The molecule has 0 saturated carbocycles. The number of benzene rings is 1. The van der Waals surface area contributed by atoms with Gasteiger partial charge in [-0.3, -0.25) is 14.7 Å². The van der Waals surface area contributed by atoms with Crippen LogP contribution >= 0.6 is 0 Å². The molecule has 2 aromatic rings. The minimum absolute atomic E-state index is 0.0469. The minimum atomic E-state index is -0.723. The SMILES string of the molecule is Cc1cccc(C(c2ccncc2C)N2CCCCC2C(=O)O)c1. The van der Waals surface area contributed by atoms with Crippen molar-refractivity contribution in [1.29, 1.82) is 0 Å². The molecule has 0 spiro atoms. The Morgan fingerprint density at radius 3 is 2.83 bits per heavy atom. The molecule has 2 heterocycles. The third-order valence-electron chi connectivity index (χ3n) is 4.88. The number of aromatic nitrogens is 1. The molecular formula is C20H24N2O2. The van der Waals surface area contributed by atoms with E-state index in [1.165, 1.54) is 5.56 Å². The molecule has 1 aromatic carbocycles. The molecule has 1 N–H and O–H groups in total. The van der Waals surface area contributed by atoms with Crippen molar-refractivity contribution >= 4 is 5.97 Å². The summed E-state index contributed by atoms with van der Waals surface area (Å²) in [5.74, 6) is -0.723. The zero-order chi connectivity index (χ0) is 17.1. The number of hydrogen-bond donors (Lipinski definition) is 1. The number of pyridine rings is 1. The molecule has 2 atom stereocenters. The van der Waals surface area contributed by atoms with Crippen LogP contribution in [0.1, 0.15) is 47.6 Å². The second-order valence-corrected chi connectivity index (χ2v) is 6.64. The van der Waals surface area contributed by atoms with Crippen molar-refractivity contribution in [3.63, 3.8) is 0 Å². The lowest BCUT2D eigenvalue weighted by atomic mass is 9.90. The highest BCUT2D eigenvalue weighted by Crippen LogP contribution is 2.35. The molecule has 1 aliphatic rings. The quantitative estimate of drug-likeness (QED) is 0.931. The van der Waals surface area contributed by atoms with Crippen molar-refractivity contribution in [2.75, 3.05) is 6.54 Å². The van der Waals surface area contributed by atoms with Crippen molar-refractivity contribution in [3.8, 4) is 0 Å². The van der Waals surface area contributed by atoms with Gasteiger partial charge < -0.3 is 5.11 Å². The van der Waals surface area contributed by atoms with Crippen LogP contribution in [0.4, 0.5) is 0 Å². The fourth-order valence-corrected chi connectivity index (χ4v) is 3.71. The molecule has 24 heavy (non-hydrogen) atoms. The molecule has 4 heteroatoms. The van der Waals surface area contributed by atoms with Crippen molar-refractivity contribution in [2.24, 2.45) is 0 Å². The molecule has 4 nitrogen and oxygen atoms in total. The van der Waals surface area contributed by atoms with Crippen LogP contribution in [0.3, 0.4) is 0 Å². The van der Waals surface area contributed by atoms with Crippen LogP contribution < -0.4 is 0 Å². The van der Waals surface area contributed by atoms with E-state index in [9.17, 15) is 9.90 Å². The zero-order valence-corrected chi connectivity index (χ0v) is 14.3. The van der Waals surface area contributed by atoms with Gasteiger partial charge in [0.2, 0.25) is 0 Å². The van der Waals surface area contributed by atoms with Gasteiger partial charge in [-0.1, -0.05) is 36.2 Å². The normalized spacial score (nSPS) is 19.8. The molecule has 2 unspecified atom stereocenters. The first-order valence-electron chi connectivity index (χ1n) is 8.53. The zero-order valence-electron chi connectivity index (χ0n) is 14.3. The molecule has 0 bridgehead atoms. The monoisotopic (exact) mass is 324 g/mol. The predicted molar refractivity (Wildman–Crippen MR) is 94.0 cm³/mol. The Hall–Kier alpha value is -2.20. The van der Waals surface area contributed by atoms with E-state index in [-0.39, 0.29) is 6.04 Å². The van der Waals surface area contributed by atoms with Gasteiger partial charge in [0.25, 0.3) is 0 Å². The molecule has 126 valence electrons. The molecule has 1 fully saturated rings. The maximum Gasteiger partial charge on any atom is 0.320 e. The van der Waals surface area contributed by atoms with E-state index in [2.05, 4.69) is 35.0 Å². The largest absolute Gasteiger partial charge is 0.480 e. The topological polar surface area (TPSA) is 53.4 Å². The van der Waals surface area contributed by atoms with Gasteiger partial charge in [-0.2, -0.15) is 0 Å². The fourth-order valence-electron chi connectivity index (χ4n) is 3.71. The van der Waals surface area contributed by atoms with E-state index in [0.717, 1.165) is 36.1 Å². The number of carboxylic acid groups (broad SMARTS) is 1. The van der Waals surface area contributed by atoms with Crippen LogP contribution in [0.15, 0.2) is 42.7 Å². The summed E-state index contributed by atoms with van der Waals surface area (Å²) in [7, 11) is 0. The number of likely N-dealkylation sites (tertiary alicyclic amines) is 1. The Kier molecular flexibility index (Phi) is 4.95. The van der Waals surface area contributed by atoms with Gasteiger partial charge >= 0.3 is 5.97 Å². The highest BCUT2D eigenvalue weighted by molar-refractivity contribution is 5.73. The summed E-state index contributed by atoms with van der Waals surface area (Å²) in [6, 6.07) is 9.93. The van der Waals surface area contributed by atoms with Crippen molar-refractivity contribution < 1.29 is 9.90 Å². The summed E-state index contributed by atoms with van der Waals surface area (Å²) in [5.41, 5.74) is 4.58. The summed E-state index contributed by atoms with van der Waals surface area (Å²) in [4.78, 5) is 18.2. The molecule has 1 aromatic heterocycles. The highest BCUT2D eigenvalue weighted by atomic mass is 16.4. The average molecular weight is 324 g/mol. The van der Waals surface area contributed by atoms with E-state index >= 15 is 0 Å². The first-order chi connectivity index (χ1) is 11.6. The predicted octanol–water partition coefficient (Wildman–Crippen LogP) is 3.73. The van der Waals surface area contributed by atoms with Crippen LogP contribution in [0.2, 0.25) is 0 Å². The first-order valence-corrected chi connectivity index (χ1v) is 8.53. The number of carbonyl (C=O) groups is 1. The number of piperidine rings is 1. The molecule has 1 saturated heterocycles. The Balaban J connectivity index is 2.11. The van der Waals surface area contributed by atoms with Crippen molar-refractivity contribution in [2.45, 2.75) is 45.2 Å². The van der Waals surface area contributed by atoms with E-state index in [4.69, 9.17) is 0 Å². The Morgan fingerprint density at radius 2 is 2.12 bits per heavy atom. The van der Waals surface area contributed by atoms with Crippen LogP contribution in [0.5, 0.6) is 0 Å². The van der Waals surface area contributed by atoms with E-state index in [1.54, 1.807) is 6.20 Å². The van der Waals surface area contributed by atoms with Gasteiger partial charge in [-0.15, -0.1) is 0 Å². The number of aryl methyl sites for hydroxylation is 2. The van der Waals surface area contributed by atoms with Crippen molar-refractivity contribution in [1.82, 2.24) is 9.88 Å². The summed E-state index contributed by atoms with van der Waals surface area (Å²) in [5, 5.41) is 9.72. The molecule has 0 amide bonds. The van der Waals surface area contributed by atoms with Crippen molar-refractivity contribution in [3.05, 3.63) is 65.0 Å². The third kappa shape index (κ3) is 3.34. The van der Waals surface area contributed by atoms with Crippen LogP contribution in [0, 0.1) is 13.8 Å². The molecule has 0 aliphatic carbocycles. The lowest BCUT2D eigenvalue weighted by Crippen LogP contribution is -2.47. The number of carboxylic acids is 1. The number of aliphatic carboxylic acids is 1. The van der Waals surface area contributed by atoms with E-state index in [1.807, 2.05) is 25.3 Å². The number of hydrogen-bond acceptors (Lipinski definition) is 3. The average Bonchev–Trinajstić information content (AvgIpc) is 2.57. The summed E-state index contributed by atoms with van der Waals surface area (Å²) in [6.07, 6.45) is 6.38. The van der Waals surface area contributed by atoms with E-state index < -0.39 is 12.0 Å². The summed E-state index contributed by atoms with van der Waals surface area (Å²) in [6.45, 7) is 4.92. The van der Waals surface area contributed by atoms with Gasteiger partial charge in [0.1, 0.15) is 6.04 Å². The van der Waals surface area contributed by atoms with Crippen LogP contribution in [0.25, 0.3) is 0 Å². The van der Waals surface area contributed by atoms with Gasteiger partial charge in [0, 0.05) is 12.4 Å². The molecule has 0 radical (unpaired) electrons. The smallest absolute Gasteiger partial charge is 0.320 e. The minimum Gasteiger partial charge on any atom is -0.480 e. The van der Waals surface area contributed by atoms with Crippen LogP contribution in [-0.2, 0) is 4.79 Å². The fraction of sp³-hybridized carbons (Fsp3) is 0.400. The van der Waals surface area contributed by atoms with Gasteiger partial charge in [0.15, 0.2) is 0 Å². The summed E-state index contributed by atoms with van der Waals surface area (Å²) < 4.78 is 0. The highest BCUT2D eigenvalue weighted by Gasteiger charge is 2.35. The maximum absolute atomic E-state index is 11.8.